The van der Waals surface area contributed by atoms with E-state index in [4.69, 9.17) is 10.5 Å². The van der Waals surface area contributed by atoms with Crippen LogP contribution in [0.4, 0.5) is 15.8 Å². The fourth-order valence-corrected chi connectivity index (χ4v) is 1.61. The summed E-state index contributed by atoms with van der Waals surface area (Å²) in [7, 11) is 2.89. The second kappa shape index (κ2) is 7.58. The summed E-state index contributed by atoms with van der Waals surface area (Å²) in [6.07, 6.45) is 1.72. The Hall–Kier alpha value is -1.82. The predicted octanol–water partition coefficient (Wildman–Crippen LogP) is 2.03. The maximum absolute atomic E-state index is 13.7. The van der Waals surface area contributed by atoms with Gasteiger partial charge < -0.3 is 20.5 Å². The molecule has 0 radical (unpaired) electrons. The average molecular weight is 270 g/mol. The Balaban J connectivity index is 2.69. The first kappa shape index (κ1) is 15.2. The van der Waals surface area contributed by atoms with Crippen LogP contribution in [0.5, 0.6) is 0 Å². The van der Waals surface area contributed by atoms with Gasteiger partial charge in [-0.2, -0.15) is 0 Å². The van der Waals surface area contributed by atoms with Gasteiger partial charge in [-0.25, -0.2) is 9.18 Å². The molecule has 1 aromatic carbocycles. The molecule has 1 aromatic rings. The van der Waals surface area contributed by atoms with Gasteiger partial charge in [0.05, 0.1) is 18.4 Å². The SMILES string of the molecule is COCCCCNc1cc(C(=O)OC)c(N)cc1F. The first-order chi connectivity index (χ1) is 9.10. The van der Waals surface area contributed by atoms with Crippen molar-refractivity contribution in [1.29, 1.82) is 0 Å². The first-order valence-electron chi connectivity index (χ1n) is 6.00. The molecule has 19 heavy (non-hydrogen) atoms. The van der Waals surface area contributed by atoms with Crippen molar-refractivity contribution in [2.45, 2.75) is 12.8 Å². The van der Waals surface area contributed by atoms with E-state index in [-0.39, 0.29) is 16.9 Å². The molecule has 0 fully saturated rings. The number of carbonyl (C=O) groups is 1. The van der Waals surface area contributed by atoms with Crippen molar-refractivity contribution < 1.29 is 18.7 Å². The summed E-state index contributed by atoms with van der Waals surface area (Å²) in [5.74, 6) is -1.07. The molecule has 106 valence electrons. The van der Waals surface area contributed by atoms with E-state index >= 15 is 0 Å². The summed E-state index contributed by atoms with van der Waals surface area (Å²) < 4.78 is 23.2. The zero-order chi connectivity index (χ0) is 14.3. The van der Waals surface area contributed by atoms with Crippen LogP contribution in [-0.2, 0) is 9.47 Å². The molecule has 0 saturated carbocycles. The largest absolute Gasteiger partial charge is 0.465 e. The molecule has 0 aliphatic carbocycles. The molecule has 0 saturated heterocycles. The zero-order valence-corrected chi connectivity index (χ0v) is 11.2. The number of halogens is 1. The van der Waals surface area contributed by atoms with Crippen LogP contribution in [0.1, 0.15) is 23.2 Å². The van der Waals surface area contributed by atoms with Crippen molar-refractivity contribution >= 4 is 17.3 Å². The molecule has 3 N–H and O–H groups in total. The summed E-state index contributed by atoms with van der Waals surface area (Å²) in [4.78, 5) is 11.4. The van der Waals surface area contributed by atoms with E-state index in [9.17, 15) is 9.18 Å². The fourth-order valence-electron chi connectivity index (χ4n) is 1.61. The third-order valence-corrected chi connectivity index (χ3v) is 2.64. The maximum Gasteiger partial charge on any atom is 0.340 e. The van der Waals surface area contributed by atoms with Gasteiger partial charge in [-0.1, -0.05) is 0 Å². The molecular weight excluding hydrogens is 251 g/mol. The Morgan fingerprint density at radius 2 is 2.11 bits per heavy atom. The standard InChI is InChI=1S/C13H19FN2O3/c1-18-6-4-3-5-16-12-7-9(13(17)19-2)11(15)8-10(12)14/h7-8,16H,3-6,15H2,1-2H3. The number of benzene rings is 1. The highest BCUT2D eigenvalue weighted by Gasteiger charge is 2.14. The van der Waals surface area contributed by atoms with Gasteiger partial charge in [0.1, 0.15) is 5.82 Å². The highest BCUT2D eigenvalue weighted by molar-refractivity contribution is 5.96. The van der Waals surface area contributed by atoms with Crippen LogP contribution in [0, 0.1) is 5.82 Å². The van der Waals surface area contributed by atoms with Crippen molar-refractivity contribution in [2.24, 2.45) is 0 Å². The van der Waals surface area contributed by atoms with Crippen molar-refractivity contribution in [1.82, 2.24) is 0 Å². The van der Waals surface area contributed by atoms with E-state index < -0.39 is 11.8 Å². The van der Waals surface area contributed by atoms with Crippen LogP contribution in [0.3, 0.4) is 0 Å². The normalized spacial score (nSPS) is 10.3. The number of ether oxygens (including phenoxy) is 2. The van der Waals surface area contributed by atoms with E-state index in [1.165, 1.54) is 13.2 Å². The minimum absolute atomic E-state index is 0.0642. The summed E-state index contributed by atoms with van der Waals surface area (Å²) in [6, 6.07) is 2.48. The number of unbranched alkanes of at least 4 members (excludes halogenated alkanes) is 1. The molecule has 0 unspecified atom stereocenters. The third-order valence-electron chi connectivity index (χ3n) is 2.64. The molecule has 0 aliphatic rings. The van der Waals surface area contributed by atoms with E-state index in [0.717, 1.165) is 18.9 Å². The summed E-state index contributed by atoms with van der Waals surface area (Å²) in [5.41, 5.74) is 6.04. The van der Waals surface area contributed by atoms with Crippen LogP contribution in [0.25, 0.3) is 0 Å². The van der Waals surface area contributed by atoms with E-state index in [2.05, 4.69) is 10.1 Å². The number of anilines is 2. The van der Waals surface area contributed by atoms with Gasteiger partial charge in [0.15, 0.2) is 0 Å². The lowest BCUT2D eigenvalue weighted by molar-refractivity contribution is 0.0602. The van der Waals surface area contributed by atoms with Crippen molar-refractivity contribution in [3.63, 3.8) is 0 Å². The fraction of sp³-hybridized carbons (Fsp3) is 0.462. The minimum Gasteiger partial charge on any atom is -0.465 e. The highest BCUT2D eigenvalue weighted by Crippen LogP contribution is 2.22. The van der Waals surface area contributed by atoms with Crippen molar-refractivity contribution in [3.8, 4) is 0 Å². The number of rotatable bonds is 7. The maximum atomic E-state index is 13.7. The molecule has 0 spiro atoms. The van der Waals surface area contributed by atoms with Gasteiger partial charge in [-0.15, -0.1) is 0 Å². The first-order valence-corrected chi connectivity index (χ1v) is 6.00. The van der Waals surface area contributed by atoms with Crippen LogP contribution < -0.4 is 11.1 Å². The van der Waals surface area contributed by atoms with Gasteiger partial charge in [0.25, 0.3) is 0 Å². The number of methoxy groups -OCH3 is 2. The third kappa shape index (κ3) is 4.40. The lowest BCUT2D eigenvalue weighted by Crippen LogP contribution is -2.10. The van der Waals surface area contributed by atoms with Gasteiger partial charge >= 0.3 is 5.97 Å². The Morgan fingerprint density at radius 3 is 2.74 bits per heavy atom. The number of nitrogens with two attached hydrogens (primary N) is 1. The molecule has 0 aliphatic heterocycles. The van der Waals surface area contributed by atoms with Crippen LogP contribution >= 0.6 is 0 Å². The predicted molar refractivity (Wildman–Crippen MR) is 71.8 cm³/mol. The van der Waals surface area contributed by atoms with Crippen molar-refractivity contribution in [3.05, 3.63) is 23.5 Å². The molecule has 6 heteroatoms. The van der Waals surface area contributed by atoms with Crippen LogP contribution in [0.15, 0.2) is 12.1 Å². The quantitative estimate of drug-likeness (QED) is 0.450. The minimum atomic E-state index is -0.583. The molecule has 0 amide bonds. The number of nitrogen functional groups attached to an aromatic ring is 1. The van der Waals surface area contributed by atoms with Gasteiger partial charge in [-0.3, -0.25) is 0 Å². The Bertz CT molecular complexity index is 438. The Morgan fingerprint density at radius 1 is 1.37 bits per heavy atom. The molecule has 0 atom stereocenters. The monoisotopic (exact) mass is 270 g/mol. The van der Waals surface area contributed by atoms with Gasteiger partial charge in [0, 0.05) is 25.9 Å². The molecule has 0 heterocycles. The zero-order valence-electron chi connectivity index (χ0n) is 11.2. The topological polar surface area (TPSA) is 73.6 Å². The van der Waals surface area contributed by atoms with Crippen molar-refractivity contribution in [2.75, 3.05) is 38.4 Å². The summed E-state index contributed by atoms with van der Waals surface area (Å²) in [6.45, 7) is 1.25. The molecule has 0 aromatic heterocycles. The molecular formula is C13H19FN2O3. The Kier molecular flexibility index (Phi) is 6.08. The number of nitrogens with one attached hydrogen (secondary N) is 1. The molecule has 0 bridgehead atoms. The Labute approximate surface area is 111 Å². The number of carbonyl (C=O) groups excluding carboxylic acids is 1. The average Bonchev–Trinajstić information content (AvgIpc) is 2.39. The smallest absolute Gasteiger partial charge is 0.340 e. The molecule has 1 rings (SSSR count). The second-order valence-electron chi connectivity index (χ2n) is 4.04. The second-order valence-corrected chi connectivity index (χ2v) is 4.04. The molecule has 5 nitrogen and oxygen atoms in total. The van der Waals surface area contributed by atoms with Gasteiger partial charge in [-0.05, 0) is 25.0 Å². The number of hydrogen-bond acceptors (Lipinski definition) is 5. The summed E-state index contributed by atoms with van der Waals surface area (Å²) >= 11 is 0. The lowest BCUT2D eigenvalue weighted by atomic mass is 10.1. The lowest BCUT2D eigenvalue weighted by Gasteiger charge is -2.11. The van der Waals surface area contributed by atoms with Gasteiger partial charge in [0.2, 0.25) is 0 Å². The van der Waals surface area contributed by atoms with Crippen LogP contribution in [-0.4, -0.2) is 33.3 Å². The number of esters is 1. The summed E-state index contributed by atoms with van der Waals surface area (Å²) in [5, 5.41) is 2.92. The number of hydrogen-bond donors (Lipinski definition) is 2. The van der Waals surface area contributed by atoms with Crippen LogP contribution in [0.2, 0.25) is 0 Å². The highest BCUT2D eigenvalue weighted by atomic mass is 19.1. The van der Waals surface area contributed by atoms with E-state index in [1.54, 1.807) is 7.11 Å². The van der Waals surface area contributed by atoms with E-state index in [0.29, 0.717) is 13.2 Å². The van der Waals surface area contributed by atoms with E-state index in [1.807, 2.05) is 0 Å².